The van der Waals surface area contributed by atoms with Crippen LogP contribution in [0.15, 0.2) is 24.3 Å². The predicted molar refractivity (Wildman–Crippen MR) is 93.9 cm³/mol. The van der Waals surface area contributed by atoms with Gasteiger partial charge in [-0.05, 0) is 43.5 Å². The summed E-state index contributed by atoms with van der Waals surface area (Å²) >= 11 is 7.83. The fourth-order valence-corrected chi connectivity index (χ4v) is 3.91. The van der Waals surface area contributed by atoms with Gasteiger partial charge in [-0.15, -0.1) is 0 Å². The minimum absolute atomic E-state index is 0.0375. The lowest BCUT2D eigenvalue weighted by atomic mass is 10.2. The highest BCUT2D eigenvalue weighted by molar-refractivity contribution is 7.99. The Morgan fingerprint density at radius 1 is 1.36 bits per heavy atom. The first-order chi connectivity index (χ1) is 10.7. The van der Waals surface area contributed by atoms with Gasteiger partial charge in [-0.1, -0.05) is 31.4 Å². The number of carbonyl (C=O) groups is 1. The normalized spacial score (nSPS) is 16.5. The van der Waals surface area contributed by atoms with Crippen molar-refractivity contribution < 1.29 is 9.53 Å². The van der Waals surface area contributed by atoms with Crippen molar-refractivity contribution in [2.24, 2.45) is 0 Å². The van der Waals surface area contributed by atoms with Crippen LogP contribution in [0.3, 0.4) is 0 Å². The summed E-state index contributed by atoms with van der Waals surface area (Å²) in [5, 5.41) is 4.43. The number of halogens is 1. The molecule has 22 heavy (non-hydrogen) atoms. The minimum atomic E-state index is -0.447. The van der Waals surface area contributed by atoms with Crippen molar-refractivity contribution in [3.05, 3.63) is 29.3 Å². The Hall–Kier alpha value is -0.870. The van der Waals surface area contributed by atoms with Gasteiger partial charge >= 0.3 is 0 Å². The van der Waals surface area contributed by atoms with Gasteiger partial charge in [0.1, 0.15) is 5.75 Å². The minimum Gasteiger partial charge on any atom is -0.481 e. The molecule has 1 saturated carbocycles. The molecular formula is C17H24ClNO2S. The van der Waals surface area contributed by atoms with Crippen LogP contribution in [-0.4, -0.2) is 29.6 Å². The topological polar surface area (TPSA) is 38.3 Å². The second-order valence-electron chi connectivity index (χ2n) is 5.54. The summed E-state index contributed by atoms with van der Waals surface area (Å²) in [6, 6.07) is 7.10. The van der Waals surface area contributed by atoms with Crippen LogP contribution in [0.1, 0.15) is 39.0 Å². The third kappa shape index (κ3) is 5.73. The molecule has 1 atom stereocenters. The van der Waals surface area contributed by atoms with E-state index in [2.05, 4.69) is 5.32 Å². The molecule has 1 aromatic carbocycles. The molecule has 0 saturated heterocycles. The van der Waals surface area contributed by atoms with Crippen LogP contribution >= 0.6 is 23.4 Å². The van der Waals surface area contributed by atoms with Crippen molar-refractivity contribution >= 4 is 29.3 Å². The van der Waals surface area contributed by atoms with Crippen molar-refractivity contribution in [1.82, 2.24) is 5.32 Å². The first-order valence-corrected chi connectivity index (χ1v) is 9.43. The van der Waals surface area contributed by atoms with Crippen LogP contribution in [0.5, 0.6) is 5.75 Å². The van der Waals surface area contributed by atoms with E-state index in [4.69, 9.17) is 16.3 Å². The van der Waals surface area contributed by atoms with Gasteiger partial charge in [0.2, 0.25) is 0 Å². The summed E-state index contributed by atoms with van der Waals surface area (Å²) in [5.41, 5.74) is 0. The molecule has 0 heterocycles. The monoisotopic (exact) mass is 341 g/mol. The number of hydrogen-bond donors (Lipinski definition) is 1. The number of nitrogens with one attached hydrogen (secondary N) is 1. The summed E-state index contributed by atoms with van der Waals surface area (Å²) in [4.78, 5) is 12.2. The van der Waals surface area contributed by atoms with E-state index >= 15 is 0 Å². The Balaban J connectivity index is 1.70. The Bertz CT molecular complexity index is 460. The molecule has 0 spiro atoms. The van der Waals surface area contributed by atoms with Crippen LogP contribution in [0.2, 0.25) is 5.02 Å². The zero-order valence-electron chi connectivity index (χ0n) is 13.0. The average molecular weight is 342 g/mol. The summed E-state index contributed by atoms with van der Waals surface area (Å²) in [7, 11) is 0. The van der Waals surface area contributed by atoms with E-state index < -0.39 is 6.10 Å². The Kier molecular flexibility index (Phi) is 7.40. The van der Waals surface area contributed by atoms with Crippen molar-refractivity contribution in [1.29, 1.82) is 0 Å². The number of hydrogen-bond acceptors (Lipinski definition) is 3. The van der Waals surface area contributed by atoms with Crippen LogP contribution in [-0.2, 0) is 4.79 Å². The molecular weight excluding hydrogens is 318 g/mol. The van der Waals surface area contributed by atoms with Crippen LogP contribution in [0, 0.1) is 0 Å². The van der Waals surface area contributed by atoms with Crippen LogP contribution < -0.4 is 10.1 Å². The fraction of sp³-hybridized carbons (Fsp3) is 0.588. The maximum Gasteiger partial charge on any atom is 0.261 e. The van der Waals surface area contributed by atoms with Crippen molar-refractivity contribution in [3.63, 3.8) is 0 Å². The zero-order valence-corrected chi connectivity index (χ0v) is 14.6. The molecule has 0 aliphatic heterocycles. The van der Waals surface area contributed by atoms with Crippen LogP contribution in [0.4, 0.5) is 0 Å². The van der Waals surface area contributed by atoms with Gasteiger partial charge in [0.05, 0.1) is 0 Å². The number of ether oxygens (including phenoxy) is 1. The highest BCUT2D eigenvalue weighted by Gasteiger charge is 2.19. The van der Waals surface area contributed by atoms with Crippen molar-refractivity contribution in [3.8, 4) is 5.75 Å². The third-order valence-electron chi connectivity index (χ3n) is 3.81. The zero-order chi connectivity index (χ0) is 15.8. The maximum absolute atomic E-state index is 12.2. The third-order valence-corrected chi connectivity index (χ3v) is 5.45. The van der Waals surface area contributed by atoms with E-state index in [-0.39, 0.29) is 5.91 Å². The Labute approximate surface area is 142 Å². The molecule has 3 nitrogen and oxygen atoms in total. The molecule has 1 amide bonds. The number of benzene rings is 1. The van der Waals surface area contributed by atoms with Crippen molar-refractivity contribution in [2.45, 2.75) is 50.4 Å². The summed E-state index contributed by atoms with van der Waals surface area (Å²) < 4.78 is 5.73. The van der Waals surface area contributed by atoms with Gasteiger partial charge in [0, 0.05) is 22.6 Å². The standard InChI is InChI=1S/C17H24ClNO2S/c1-2-16(21-14-9-7-13(18)8-10-14)17(20)19-11-12-22-15-5-3-4-6-15/h7-10,15-16H,2-6,11-12H2,1H3,(H,19,20)/t16-/m1/s1. The molecule has 2 rings (SSSR count). The van der Waals surface area contributed by atoms with Gasteiger partial charge in [-0.3, -0.25) is 4.79 Å². The van der Waals surface area contributed by atoms with Gasteiger partial charge in [-0.25, -0.2) is 0 Å². The second kappa shape index (κ2) is 9.31. The van der Waals surface area contributed by atoms with Gasteiger partial charge in [0.15, 0.2) is 6.10 Å². The number of rotatable bonds is 8. The van der Waals surface area contributed by atoms with Crippen molar-refractivity contribution in [2.75, 3.05) is 12.3 Å². The molecule has 1 aliphatic carbocycles. The van der Waals surface area contributed by atoms with E-state index in [0.29, 0.717) is 23.7 Å². The first-order valence-electron chi connectivity index (χ1n) is 8.00. The molecule has 122 valence electrons. The molecule has 1 fully saturated rings. The lowest BCUT2D eigenvalue weighted by Gasteiger charge is -2.17. The first kappa shape index (κ1) is 17.5. The molecule has 0 radical (unpaired) electrons. The van der Waals surface area contributed by atoms with E-state index in [0.717, 1.165) is 11.0 Å². The van der Waals surface area contributed by atoms with Gasteiger partial charge in [0.25, 0.3) is 5.91 Å². The van der Waals surface area contributed by atoms with E-state index in [9.17, 15) is 4.79 Å². The molecule has 5 heteroatoms. The molecule has 1 aliphatic rings. The quantitative estimate of drug-likeness (QED) is 0.717. The molecule has 0 bridgehead atoms. The van der Waals surface area contributed by atoms with Gasteiger partial charge in [-0.2, -0.15) is 11.8 Å². The second-order valence-corrected chi connectivity index (χ2v) is 7.38. The molecule has 0 aromatic heterocycles. The number of carbonyl (C=O) groups excluding carboxylic acids is 1. The molecule has 1 aromatic rings. The largest absolute Gasteiger partial charge is 0.481 e. The van der Waals surface area contributed by atoms with E-state index in [1.165, 1.54) is 25.7 Å². The fourth-order valence-electron chi connectivity index (χ4n) is 2.57. The highest BCUT2D eigenvalue weighted by atomic mass is 35.5. The average Bonchev–Trinajstić information content (AvgIpc) is 3.04. The van der Waals surface area contributed by atoms with E-state index in [1.807, 2.05) is 18.7 Å². The lowest BCUT2D eigenvalue weighted by Crippen LogP contribution is -2.39. The maximum atomic E-state index is 12.2. The highest BCUT2D eigenvalue weighted by Crippen LogP contribution is 2.28. The lowest BCUT2D eigenvalue weighted by molar-refractivity contribution is -0.127. The Morgan fingerprint density at radius 3 is 2.68 bits per heavy atom. The number of thioether (sulfide) groups is 1. The Morgan fingerprint density at radius 2 is 2.05 bits per heavy atom. The SMILES string of the molecule is CC[C@@H](Oc1ccc(Cl)cc1)C(=O)NCCSC1CCCC1. The molecule has 0 unspecified atom stereocenters. The molecule has 1 N–H and O–H groups in total. The summed E-state index contributed by atoms with van der Waals surface area (Å²) in [5.74, 6) is 1.62. The van der Waals surface area contributed by atoms with Gasteiger partial charge < -0.3 is 10.1 Å². The van der Waals surface area contributed by atoms with Crippen LogP contribution in [0.25, 0.3) is 0 Å². The summed E-state index contributed by atoms with van der Waals surface area (Å²) in [6.45, 7) is 2.66. The van der Waals surface area contributed by atoms with E-state index in [1.54, 1.807) is 24.3 Å². The predicted octanol–water partition coefficient (Wildman–Crippen LogP) is 4.29. The smallest absolute Gasteiger partial charge is 0.261 e. The summed E-state index contributed by atoms with van der Waals surface area (Å²) in [6.07, 6.45) is 5.57. The number of amides is 1.